The van der Waals surface area contributed by atoms with Crippen LogP contribution < -0.4 is 4.74 Å². The number of benzene rings is 2. The van der Waals surface area contributed by atoms with E-state index < -0.39 is 9.85 Å². The van der Waals surface area contributed by atoms with Crippen LogP contribution in [0.25, 0.3) is 0 Å². The lowest BCUT2D eigenvalue weighted by Gasteiger charge is -2.07. The molecule has 0 saturated heterocycles. The van der Waals surface area contributed by atoms with E-state index in [4.69, 9.17) is 4.74 Å². The van der Waals surface area contributed by atoms with E-state index in [0.29, 0.717) is 17.6 Å². The van der Waals surface area contributed by atoms with Crippen LogP contribution in [0.4, 0.5) is 11.4 Å². The molecule has 2 aromatic carbocycles. The van der Waals surface area contributed by atoms with Crippen LogP contribution in [0.1, 0.15) is 15.9 Å². The quantitative estimate of drug-likeness (QED) is 0.460. The third-order valence-corrected chi connectivity index (χ3v) is 2.86. The van der Waals surface area contributed by atoms with Crippen molar-refractivity contribution < 1.29 is 19.4 Å². The maximum atomic E-state index is 11.0. The van der Waals surface area contributed by atoms with E-state index in [-0.39, 0.29) is 23.5 Å². The molecule has 0 radical (unpaired) electrons. The van der Waals surface area contributed by atoms with E-state index in [1.807, 2.05) is 0 Å². The van der Waals surface area contributed by atoms with Crippen LogP contribution in [0.3, 0.4) is 0 Å². The minimum absolute atomic E-state index is 0.142. The Morgan fingerprint density at radius 2 is 1.82 bits per heavy atom. The molecule has 0 saturated carbocycles. The van der Waals surface area contributed by atoms with Crippen molar-refractivity contribution in [3.63, 3.8) is 0 Å². The number of carbonyl (C=O) groups excluding carboxylic acids is 1. The molecule has 0 spiro atoms. The Bertz CT molecular complexity index is 744. The monoisotopic (exact) mass is 302 g/mol. The van der Waals surface area contributed by atoms with E-state index in [2.05, 4.69) is 0 Å². The normalized spacial score (nSPS) is 10.0. The molecule has 0 N–H and O–H groups in total. The molecule has 0 heterocycles. The summed E-state index contributed by atoms with van der Waals surface area (Å²) in [5, 5.41) is 21.6. The summed E-state index contributed by atoms with van der Waals surface area (Å²) in [6.07, 6.45) is 0.654. The number of hydrogen-bond donors (Lipinski definition) is 0. The van der Waals surface area contributed by atoms with Gasteiger partial charge in [0.05, 0.1) is 21.5 Å². The molecular weight excluding hydrogens is 292 g/mol. The molecule has 112 valence electrons. The molecule has 0 aliphatic heterocycles. The molecule has 0 aliphatic rings. The van der Waals surface area contributed by atoms with Crippen molar-refractivity contribution in [2.45, 2.75) is 6.61 Å². The Hall–Kier alpha value is -3.29. The van der Waals surface area contributed by atoms with Crippen molar-refractivity contribution in [2.24, 2.45) is 0 Å². The molecule has 8 nitrogen and oxygen atoms in total. The second kappa shape index (κ2) is 6.44. The van der Waals surface area contributed by atoms with Crippen LogP contribution in [0.15, 0.2) is 42.5 Å². The molecule has 0 bridgehead atoms. The number of non-ortho nitro benzene ring substituents is 1. The molecular formula is C14H10N2O6. The predicted octanol–water partition coefficient (Wildman–Crippen LogP) is 2.89. The first-order chi connectivity index (χ1) is 10.5. The van der Waals surface area contributed by atoms with Crippen LogP contribution in [-0.2, 0) is 6.61 Å². The summed E-state index contributed by atoms with van der Waals surface area (Å²) in [5.74, 6) is 0.372. The first-order valence-electron chi connectivity index (χ1n) is 6.11. The van der Waals surface area contributed by atoms with E-state index in [0.717, 1.165) is 6.07 Å². The van der Waals surface area contributed by atoms with Gasteiger partial charge >= 0.3 is 0 Å². The molecule has 0 aromatic heterocycles. The summed E-state index contributed by atoms with van der Waals surface area (Å²) >= 11 is 0. The minimum atomic E-state index is -0.703. The third-order valence-electron chi connectivity index (χ3n) is 2.86. The Kier molecular flexibility index (Phi) is 4.42. The van der Waals surface area contributed by atoms with Crippen LogP contribution >= 0.6 is 0 Å². The number of nitrogens with zero attached hydrogens (tertiary/aromatic N) is 2. The van der Waals surface area contributed by atoms with Crippen molar-refractivity contribution in [1.29, 1.82) is 0 Å². The molecule has 0 fully saturated rings. The van der Waals surface area contributed by atoms with Crippen LogP contribution in [0.2, 0.25) is 0 Å². The van der Waals surface area contributed by atoms with Gasteiger partial charge in [0.1, 0.15) is 18.6 Å². The van der Waals surface area contributed by atoms with E-state index in [1.165, 1.54) is 18.2 Å². The Morgan fingerprint density at radius 3 is 2.45 bits per heavy atom. The molecule has 8 heteroatoms. The summed E-state index contributed by atoms with van der Waals surface area (Å²) in [4.78, 5) is 30.9. The third kappa shape index (κ3) is 3.42. The topological polar surface area (TPSA) is 113 Å². The first kappa shape index (κ1) is 15.1. The Labute approximate surface area is 124 Å². The predicted molar refractivity (Wildman–Crippen MR) is 75.9 cm³/mol. The Balaban J connectivity index is 2.23. The van der Waals surface area contributed by atoms with Crippen molar-refractivity contribution in [1.82, 2.24) is 0 Å². The molecule has 0 unspecified atom stereocenters. The molecule has 22 heavy (non-hydrogen) atoms. The zero-order valence-corrected chi connectivity index (χ0v) is 11.2. The number of ether oxygens (including phenoxy) is 1. The lowest BCUT2D eigenvalue weighted by molar-refractivity contribution is -0.394. The van der Waals surface area contributed by atoms with Crippen molar-refractivity contribution in [3.05, 3.63) is 73.8 Å². The standard InChI is InChI=1S/C14H10N2O6/c17-8-10-2-1-3-13(6-10)22-9-11-4-5-12(15(18)19)7-14(11)16(20)21/h1-8H,9H2. The van der Waals surface area contributed by atoms with Gasteiger partial charge in [0.2, 0.25) is 0 Å². The summed E-state index contributed by atoms with van der Waals surface area (Å²) in [5.41, 5.74) is -0.137. The fourth-order valence-corrected chi connectivity index (χ4v) is 1.80. The fourth-order valence-electron chi connectivity index (χ4n) is 1.80. The van der Waals surface area contributed by atoms with Crippen LogP contribution in [0.5, 0.6) is 5.75 Å². The highest BCUT2D eigenvalue weighted by Gasteiger charge is 2.19. The number of aldehydes is 1. The summed E-state index contributed by atoms with van der Waals surface area (Å²) < 4.78 is 5.39. The van der Waals surface area contributed by atoms with Crippen molar-refractivity contribution in [3.8, 4) is 5.75 Å². The molecule has 2 aromatic rings. The van der Waals surface area contributed by atoms with E-state index >= 15 is 0 Å². The van der Waals surface area contributed by atoms with E-state index in [9.17, 15) is 25.0 Å². The van der Waals surface area contributed by atoms with Gasteiger partial charge in [-0.1, -0.05) is 12.1 Å². The maximum absolute atomic E-state index is 11.0. The zero-order chi connectivity index (χ0) is 16.1. The minimum Gasteiger partial charge on any atom is -0.489 e. The van der Waals surface area contributed by atoms with Gasteiger partial charge in [-0.15, -0.1) is 0 Å². The van der Waals surface area contributed by atoms with Gasteiger partial charge in [-0.2, -0.15) is 0 Å². The number of rotatable bonds is 6. The number of nitro groups is 2. The number of nitro benzene ring substituents is 2. The largest absolute Gasteiger partial charge is 0.489 e. The molecule has 0 amide bonds. The molecule has 0 atom stereocenters. The van der Waals surface area contributed by atoms with Crippen molar-refractivity contribution in [2.75, 3.05) is 0 Å². The average molecular weight is 302 g/mol. The molecule has 2 rings (SSSR count). The maximum Gasteiger partial charge on any atom is 0.282 e. The van der Waals surface area contributed by atoms with Crippen LogP contribution in [-0.4, -0.2) is 16.1 Å². The smallest absolute Gasteiger partial charge is 0.282 e. The second-order valence-electron chi connectivity index (χ2n) is 4.31. The summed E-state index contributed by atoms with van der Waals surface area (Å²) in [7, 11) is 0. The number of carbonyl (C=O) groups is 1. The van der Waals surface area contributed by atoms with Gasteiger partial charge in [-0.05, 0) is 18.2 Å². The molecule has 0 aliphatic carbocycles. The van der Waals surface area contributed by atoms with Gasteiger partial charge in [0.25, 0.3) is 11.4 Å². The highest BCUT2D eigenvalue weighted by Crippen LogP contribution is 2.26. The first-order valence-corrected chi connectivity index (χ1v) is 6.11. The lowest BCUT2D eigenvalue weighted by Crippen LogP contribution is -2.02. The van der Waals surface area contributed by atoms with E-state index in [1.54, 1.807) is 18.2 Å². The van der Waals surface area contributed by atoms with Crippen molar-refractivity contribution >= 4 is 17.7 Å². The fraction of sp³-hybridized carbons (Fsp3) is 0.0714. The highest BCUT2D eigenvalue weighted by atomic mass is 16.6. The van der Waals surface area contributed by atoms with Crippen LogP contribution in [0, 0.1) is 20.2 Å². The zero-order valence-electron chi connectivity index (χ0n) is 11.2. The SMILES string of the molecule is O=Cc1cccc(OCc2ccc([N+](=O)[O-])cc2[N+](=O)[O-])c1. The van der Waals surface area contributed by atoms with Gasteiger partial charge < -0.3 is 4.74 Å². The highest BCUT2D eigenvalue weighted by molar-refractivity contribution is 5.75. The summed E-state index contributed by atoms with van der Waals surface area (Å²) in [6, 6.07) is 9.64. The van der Waals surface area contributed by atoms with Gasteiger partial charge in [-0.25, -0.2) is 0 Å². The second-order valence-corrected chi connectivity index (χ2v) is 4.31. The van der Waals surface area contributed by atoms with Gasteiger partial charge in [0.15, 0.2) is 0 Å². The Morgan fingerprint density at radius 1 is 1.05 bits per heavy atom. The van der Waals surface area contributed by atoms with Gasteiger partial charge in [0, 0.05) is 11.6 Å². The summed E-state index contributed by atoms with van der Waals surface area (Å²) in [6.45, 7) is -0.142. The lowest BCUT2D eigenvalue weighted by atomic mass is 10.1. The van der Waals surface area contributed by atoms with Gasteiger partial charge in [-0.3, -0.25) is 25.0 Å². The number of hydrogen-bond acceptors (Lipinski definition) is 6. The average Bonchev–Trinajstić information content (AvgIpc) is 2.52.